The van der Waals surface area contributed by atoms with Crippen LogP contribution in [0.15, 0.2) is 42.5 Å². The number of carbonyl (C=O) groups is 2. The second-order valence-electron chi connectivity index (χ2n) is 9.18. The molecule has 0 saturated carbocycles. The summed E-state index contributed by atoms with van der Waals surface area (Å²) in [6.45, 7) is 4.81. The van der Waals surface area contributed by atoms with E-state index in [0.717, 1.165) is 5.56 Å². The van der Waals surface area contributed by atoms with Gasteiger partial charge in [-0.15, -0.1) is 0 Å². The molecule has 2 aromatic rings. The first-order valence-electron chi connectivity index (χ1n) is 12.3. The molecule has 2 aromatic carbocycles. The van der Waals surface area contributed by atoms with E-state index in [1.165, 1.54) is 0 Å². The number of hydrogen-bond acceptors (Lipinski definition) is 7. The van der Waals surface area contributed by atoms with Crippen LogP contribution in [0.5, 0.6) is 17.2 Å². The Kier molecular flexibility index (Phi) is 9.13. The molecule has 2 amide bonds. The Morgan fingerprint density at radius 3 is 2.43 bits per heavy atom. The van der Waals surface area contributed by atoms with Crippen molar-refractivity contribution in [3.8, 4) is 17.2 Å². The predicted octanol–water partition coefficient (Wildman–Crippen LogP) is 2.96. The van der Waals surface area contributed by atoms with Gasteiger partial charge in [-0.1, -0.05) is 17.7 Å². The van der Waals surface area contributed by atoms with Crippen molar-refractivity contribution in [1.82, 2.24) is 9.80 Å². The van der Waals surface area contributed by atoms with Crippen LogP contribution in [0.3, 0.4) is 0 Å². The number of rotatable bonds is 9. The topological polar surface area (TPSA) is 86.8 Å². The van der Waals surface area contributed by atoms with E-state index in [2.05, 4.69) is 0 Å². The minimum Gasteiger partial charge on any atom is -0.497 e. The molecular weight excluding hydrogens is 500 g/mol. The number of halogens is 1. The number of carbonyl (C=O) groups excluding carboxylic acids is 2. The van der Waals surface area contributed by atoms with Crippen LogP contribution in [0.25, 0.3) is 0 Å². The van der Waals surface area contributed by atoms with Gasteiger partial charge in [-0.2, -0.15) is 0 Å². The van der Waals surface area contributed by atoms with Crippen molar-refractivity contribution in [2.24, 2.45) is 0 Å². The molecule has 0 N–H and O–H groups in total. The largest absolute Gasteiger partial charge is 0.497 e. The summed E-state index contributed by atoms with van der Waals surface area (Å²) in [4.78, 5) is 29.8. The van der Waals surface area contributed by atoms with Gasteiger partial charge in [-0.05, 0) is 42.8 Å². The lowest BCUT2D eigenvalue weighted by atomic mass is 9.96. The minimum absolute atomic E-state index is 0.0545. The molecule has 0 aromatic heterocycles. The number of ether oxygens (including phenoxy) is 5. The monoisotopic (exact) mass is 532 g/mol. The van der Waals surface area contributed by atoms with Crippen LogP contribution >= 0.6 is 11.6 Å². The lowest BCUT2D eigenvalue weighted by Crippen LogP contribution is -2.59. The van der Waals surface area contributed by atoms with E-state index in [9.17, 15) is 9.59 Å². The molecule has 0 bridgehead atoms. The van der Waals surface area contributed by atoms with Gasteiger partial charge >= 0.3 is 0 Å². The van der Waals surface area contributed by atoms with Gasteiger partial charge in [0.05, 0.1) is 39.9 Å². The molecule has 200 valence electrons. The normalized spacial score (nSPS) is 19.9. The Morgan fingerprint density at radius 1 is 0.946 bits per heavy atom. The average Bonchev–Trinajstić information content (AvgIpc) is 2.93. The lowest BCUT2D eigenvalue weighted by molar-refractivity contribution is -0.168. The standard InChI is InChI=1S/C27H33ClN2O7/c1-20-14-23(6-7-24(20)28)36-19-27(16-25(31)29-8-11-34-12-9-29)18-30(10-13-37-27)26(32)17-35-22-5-3-4-21(15-22)33-2/h3-7,14-15H,8-13,16-19H2,1-2H3/t27-/m1/s1. The molecule has 0 aliphatic carbocycles. The SMILES string of the molecule is COc1cccc(OCC(=O)N2CCO[C@](COc3ccc(Cl)c(C)c3)(CC(=O)N3CCOCC3)C2)c1. The van der Waals surface area contributed by atoms with Gasteiger partial charge in [0.25, 0.3) is 5.91 Å². The van der Waals surface area contributed by atoms with Crippen LogP contribution in [-0.2, 0) is 19.1 Å². The van der Waals surface area contributed by atoms with Crippen molar-refractivity contribution in [2.45, 2.75) is 18.9 Å². The van der Waals surface area contributed by atoms with Crippen molar-refractivity contribution >= 4 is 23.4 Å². The third-order valence-corrected chi connectivity index (χ3v) is 6.90. The van der Waals surface area contributed by atoms with Gasteiger partial charge in [-0.3, -0.25) is 9.59 Å². The number of morpholine rings is 2. The summed E-state index contributed by atoms with van der Waals surface area (Å²) in [5, 5.41) is 0.645. The predicted molar refractivity (Wildman–Crippen MR) is 137 cm³/mol. The number of aryl methyl sites for hydroxylation is 1. The zero-order chi connectivity index (χ0) is 26.3. The molecule has 2 heterocycles. The number of nitrogens with zero attached hydrogens (tertiary/aromatic N) is 2. The summed E-state index contributed by atoms with van der Waals surface area (Å²) in [5.74, 6) is 1.55. The fraction of sp³-hybridized carbons (Fsp3) is 0.481. The molecule has 0 spiro atoms. The Bertz CT molecular complexity index is 1090. The van der Waals surface area contributed by atoms with Crippen molar-refractivity contribution < 1.29 is 33.3 Å². The molecule has 9 nitrogen and oxygen atoms in total. The number of benzene rings is 2. The quantitative estimate of drug-likeness (QED) is 0.491. The summed E-state index contributed by atoms with van der Waals surface area (Å²) in [6, 6.07) is 12.5. The Hall–Kier alpha value is -3.01. The summed E-state index contributed by atoms with van der Waals surface area (Å²) in [7, 11) is 1.57. The molecule has 37 heavy (non-hydrogen) atoms. The van der Waals surface area contributed by atoms with Gasteiger partial charge in [0.1, 0.15) is 29.5 Å². The molecule has 10 heteroatoms. The van der Waals surface area contributed by atoms with Crippen LogP contribution in [0, 0.1) is 6.92 Å². The van der Waals surface area contributed by atoms with Crippen LogP contribution in [0.1, 0.15) is 12.0 Å². The third kappa shape index (κ3) is 7.28. The Labute approximate surface area is 222 Å². The fourth-order valence-electron chi connectivity index (χ4n) is 4.35. The van der Waals surface area contributed by atoms with Gasteiger partial charge < -0.3 is 33.5 Å². The summed E-state index contributed by atoms with van der Waals surface area (Å²) in [6.07, 6.45) is 0.0834. The molecule has 0 unspecified atom stereocenters. The molecular formula is C27H33ClN2O7. The highest BCUT2D eigenvalue weighted by Gasteiger charge is 2.42. The highest BCUT2D eigenvalue weighted by atomic mass is 35.5. The minimum atomic E-state index is -1.01. The van der Waals surface area contributed by atoms with E-state index in [4.69, 9.17) is 35.3 Å². The first-order valence-corrected chi connectivity index (χ1v) is 12.7. The average molecular weight is 533 g/mol. The van der Waals surface area contributed by atoms with Crippen molar-refractivity contribution in [3.63, 3.8) is 0 Å². The number of amides is 2. The maximum Gasteiger partial charge on any atom is 0.260 e. The van der Waals surface area contributed by atoms with E-state index < -0.39 is 5.60 Å². The molecule has 4 rings (SSSR count). The van der Waals surface area contributed by atoms with Crippen LogP contribution in [0.2, 0.25) is 5.02 Å². The zero-order valence-corrected chi connectivity index (χ0v) is 22.0. The van der Waals surface area contributed by atoms with Crippen LogP contribution < -0.4 is 14.2 Å². The highest BCUT2D eigenvalue weighted by Crippen LogP contribution is 2.28. The first-order chi connectivity index (χ1) is 17.9. The Balaban J connectivity index is 1.45. The maximum atomic E-state index is 13.2. The van der Waals surface area contributed by atoms with Gasteiger partial charge in [0.15, 0.2) is 6.61 Å². The highest BCUT2D eigenvalue weighted by molar-refractivity contribution is 6.31. The molecule has 0 radical (unpaired) electrons. The maximum absolute atomic E-state index is 13.2. The van der Waals surface area contributed by atoms with Crippen molar-refractivity contribution in [1.29, 1.82) is 0 Å². The molecule has 2 aliphatic heterocycles. The second-order valence-corrected chi connectivity index (χ2v) is 9.59. The third-order valence-electron chi connectivity index (χ3n) is 6.47. The van der Waals surface area contributed by atoms with Crippen molar-refractivity contribution in [2.75, 3.05) is 66.3 Å². The van der Waals surface area contributed by atoms with Gasteiger partial charge in [0, 0.05) is 30.7 Å². The number of methoxy groups -OCH3 is 1. The van der Waals surface area contributed by atoms with E-state index in [1.54, 1.807) is 53.3 Å². The zero-order valence-electron chi connectivity index (χ0n) is 21.2. The van der Waals surface area contributed by atoms with E-state index >= 15 is 0 Å². The van der Waals surface area contributed by atoms with E-state index in [0.29, 0.717) is 55.1 Å². The molecule has 2 fully saturated rings. The summed E-state index contributed by atoms with van der Waals surface area (Å²) in [5.41, 5.74) is -0.124. The molecule has 1 atom stereocenters. The Morgan fingerprint density at radius 2 is 1.68 bits per heavy atom. The van der Waals surface area contributed by atoms with Gasteiger partial charge in [-0.25, -0.2) is 0 Å². The smallest absolute Gasteiger partial charge is 0.260 e. The van der Waals surface area contributed by atoms with Crippen molar-refractivity contribution in [3.05, 3.63) is 53.1 Å². The van der Waals surface area contributed by atoms with Gasteiger partial charge in [0.2, 0.25) is 5.91 Å². The van der Waals surface area contributed by atoms with Crippen LogP contribution in [0.4, 0.5) is 0 Å². The van der Waals surface area contributed by atoms with E-state index in [1.807, 2.05) is 13.0 Å². The number of hydrogen-bond donors (Lipinski definition) is 0. The van der Waals surface area contributed by atoms with Crippen LogP contribution in [-0.4, -0.2) is 93.5 Å². The summed E-state index contributed by atoms with van der Waals surface area (Å²) >= 11 is 6.15. The van der Waals surface area contributed by atoms with E-state index in [-0.39, 0.29) is 44.6 Å². The first kappa shape index (κ1) is 27.0. The summed E-state index contributed by atoms with van der Waals surface area (Å²) < 4.78 is 28.6. The lowest BCUT2D eigenvalue weighted by Gasteiger charge is -2.43. The molecule has 2 saturated heterocycles. The second kappa shape index (κ2) is 12.5. The fourth-order valence-corrected chi connectivity index (χ4v) is 4.47. The molecule has 2 aliphatic rings.